The van der Waals surface area contributed by atoms with Gasteiger partial charge in [0.05, 0.1) is 12.2 Å². The Hall–Kier alpha value is -0.260. The number of alkyl halides is 2. The molecule has 1 atom stereocenters. The highest BCUT2D eigenvalue weighted by Gasteiger charge is 2.68. The summed E-state index contributed by atoms with van der Waals surface area (Å²) in [5.41, 5.74) is -2.08. The minimum Gasteiger partial charge on any atom is -0.396 e. The van der Waals surface area contributed by atoms with E-state index in [4.69, 9.17) is 0 Å². The number of nitrogens with zero attached hydrogens (tertiary/aromatic N) is 1. The lowest BCUT2D eigenvalue weighted by atomic mass is 9.51. The molecule has 17 heavy (non-hydrogen) atoms. The maximum atomic E-state index is 13.2. The average molecular weight is 247 g/mol. The molecule has 4 rings (SSSR count). The molecule has 0 aromatic heterocycles. The Morgan fingerprint density at radius 2 is 1.76 bits per heavy atom. The Morgan fingerprint density at radius 1 is 1.18 bits per heavy atom. The van der Waals surface area contributed by atoms with Gasteiger partial charge in [-0.15, -0.1) is 0 Å². The summed E-state index contributed by atoms with van der Waals surface area (Å²) in [6.07, 6.45) is 1.00. The molecule has 0 radical (unpaired) electrons. The highest BCUT2D eigenvalue weighted by Crippen LogP contribution is 2.61. The van der Waals surface area contributed by atoms with Gasteiger partial charge in [0.1, 0.15) is 0 Å². The number of hydrogen-bond donors (Lipinski definition) is 2. The molecule has 4 fully saturated rings. The van der Waals surface area contributed by atoms with Crippen LogP contribution in [0.2, 0.25) is 0 Å². The van der Waals surface area contributed by atoms with Crippen molar-refractivity contribution in [1.82, 2.24) is 4.90 Å². The smallest absolute Gasteiger partial charge is 0.249 e. The zero-order chi connectivity index (χ0) is 12.3. The molecular formula is C12H19F2NO2. The first kappa shape index (κ1) is 11.8. The Bertz CT molecular complexity index is 320. The lowest BCUT2D eigenvalue weighted by Gasteiger charge is -2.63. The molecule has 0 aromatic carbocycles. The summed E-state index contributed by atoms with van der Waals surface area (Å²) in [4.78, 5) is 2.13. The van der Waals surface area contributed by atoms with Crippen LogP contribution in [0.15, 0.2) is 0 Å². The second-order valence-electron chi connectivity index (χ2n) is 6.12. The monoisotopic (exact) mass is 247 g/mol. The van der Waals surface area contributed by atoms with Gasteiger partial charge in [0.15, 0.2) is 0 Å². The largest absolute Gasteiger partial charge is 0.396 e. The maximum Gasteiger partial charge on any atom is 0.249 e. The van der Waals surface area contributed by atoms with Crippen molar-refractivity contribution in [2.75, 3.05) is 26.2 Å². The lowest BCUT2D eigenvalue weighted by molar-refractivity contribution is -0.287. The molecule has 1 saturated carbocycles. The molecule has 0 amide bonds. The first-order valence-corrected chi connectivity index (χ1v) is 6.34. The number of hydrogen-bond acceptors (Lipinski definition) is 3. The van der Waals surface area contributed by atoms with Gasteiger partial charge < -0.3 is 15.1 Å². The Morgan fingerprint density at radius 3 is 2.12 bits per heavy atom. The number of rotatable bonds is 2. The fourth-order valence-electron chi connectivity index (χ4n) is 4.13. The minimum absolute atomic E-state index is 0.0794. The third-order valence-corrected chi connectivity index (χ3v) is 5.14. The molecule has 2 N–H and O–H groups in total. The van der Waals surface area contributed by atoms with Gasteiger partial charge in [-0.05, 0) is 31.8 Å². The number of halogens is 2. The van der Waals surface area contributed by atoms with Crippen LogP contribution in [0.5, 0.6) is 0 Å². The van der Waals surface area contributed by atoms with Crippen LogP contribution >= 0.6 is 0 Å². The molecule has 98 valence electrons. The average Bonchev–Trinajstić information content (AvgIpc) is 2.26. The second-order valence-corrected chi connectivity index (χ2v) is 6.12. The third-order valence-electron chi connectivity index (χ3n) is 5.14. The van der Waals surface area contributed by atoms with Gasteiger partial charge >= 0.3 is 0 Å². The van der Waals surface area contributed by atoms with Gasteiger partial charge in [-0.25, -0.2) is 8.78 Å². The van der Waals surface area contributed by atoms with Crippen molar-refractivity contribution >= 4 is 0 Å². The fraction of sp³-hybridized carbons (Fsp3) is 1.00. The third kappa shape index (κ3) is 1.48. The number of fused-ring (bicyclic) bond motifs is 3. The normalized spacial score (nSPS) is 46.6. The Kier molecular flexibility index (Phi) is 2.36. The van der Waals surface area contributed by atoms with Crippen molar-refractivity contribution in [3.8, 4) is 0 Å². The number of piperidine rings is 3. The summed E-state index contributed by atoms with van der Waals surface area (Å²) in [5.74, 6) is -2.62. The highest BCUT2D eigenvalue weighted by atomic mass is 19.3. The minimum atomic E-state index is -2.70. The molecule has 1 aliphatic carbocycles. The van der Waals surface area contributed by atoms with E-state index in [9.17, 15) is 19.0 Å². The van der Waals surface area contributed by atoms with Gasteiger partial charge in [0.2, 0.25) is 5.92 Å². The van der Waals surface area contributed by atoms with E-state index in [0.29, 0.717) is 6.54 Å². The van der Waals surface area contributed by atoms with Crippen LogP contribution in [0, 0.1) is 11.3 Å². The summed E-state index contributed by atoms with van der Waals surface area (Å²) in [6.45, 7) is 2.02. The Labute approximate surface area is 99.4 Å². The Balaban J connectivity index is 1.87. The van der Waals surface area contributed by atoms with Crippen molar-refractivity contribution in [2.45, 2.75) is 37.2 Å². The van der Waals surface area contributed by atoms with E-state index in [-0.39, 0.29) is 25.4 Å². The summed E-state index contributed by atoms with van der Waals surface area (Å²) in [6, 6.07) is 0. The SMILES string of the molecule is OCC1(C2(O)CN3CCC2CC3)CC(F)(F)C1. The summed E-state index contributed by atoms with van der Waals surface area (Å²) in [5, 5.41) is 20.3. The van der Waals surface area contributed by atoms with Crippen molar-refractivity contribution < 1.29 is 19.0 Å². The van der Waals surface area contributed by atoms with Crippen molar-refractivity contribution in [3.63, 3.8) is 0 Å². The first-order valence-electron chi connectivity index (χ1n) is 6.34. The van der Waals surface area contributed by atoms with Gasteiger partial charge in [0, 0.05) is 24.8 Å². The molecule has 5 heteroatoms. The fourth-order valence-corrected chi connectivity index (χ4v) is 4.13. The van der Waals surface area contributed by atoms with Crippen LogP contribution < -0.4 is 0 Å². The molecule has 1 unspecified atom stereocenters. The van der Waals surface area contributed by atoms with Crippen LogP contribution in [-0.4, -0.2) is 52.9 Å². The van der Waals surface area contributed by atoms with E-state index >= 15 is 0 Å². The summed E-state index contributed by atoms with van der Waals surface area (Å²) < 4.78 is 26.3. The van der Waals surface area contributed by atoms with Crippen LogP contribution in [0.25, 0.3) is 0 Å². The lowest BCUT2D eigenvalue weighted by Crippen LogP contribution is -2.72. The highest BCUT2D eigenvalue weighted by molar-refractivity contribution is 5.16. The number of aliphatic hydroxyl groups is 2. The van der Waals surface area contributed by atoms with E-state index < -0.39 is 16.9 Å². The van der Waals surface area contributed by atoms with Crippen LogP contribution in [0.3, 0.4) is 0 Å². The summed E-state index contributed by atoms with van der Waals surface area (Å²) >= 11 is 0. The van der Waals surface area contributed by atoms with Gasteiger partial charge in [-0.2, -0.15) is 0 Å². The maximum absolute atomic E-state index is 13.2. The predicted molar refractivity (Wildman–Crippen MR) is 57.8 cm³/mol. The second kappa shape index (κ2) is 3.39. The van der Waals surface area contributed by atoms with E-state index in [1.807, 2.05) is 0 Å². The van der Waals surface area contributed by atoms with Crippen LogP contribution in [-0.2, 0) is 0 Å². The standard InChI is InChI=1S/C12H19F2NO2/c13-11(14)5-10(6-11,8-16)12(17)7-15-3-1-9(12)2-4-15/h9,16-17H,1-8H2. The molecule has 3 saturated heterocycles. The van der Waals surface area contributed by atoms with Gasteiger partial charge in [0.25, 0.3) is 0 Å². The van der Waals surface area contributed by atoms with E-state index in [0.717, 1.165) is 25.9 Å². The molecule has 0 aromatic rings. The van der Waals surface area contributed by atoms with Crippen molar-refractivity contribution in [3.05, 3.63) is 0 Å². The molecule has 0 spiro atoms. The molecule has 3 nitrogen and oxygen atoms in total. The molecule has 3 heterocycles. The predicted octanol–water partition coefficient (Wildman–Crippen LogP) is 0.851. The molecule has 2 bridgehead atoms. The van der Waals surface area contributed by atoms with Crippen LogP contribution in [0.1, 0.15) is 25.7 Å². The quantitative estimate of drug-likeness (QED) is 0.760. The topological polar surface area (TPSA) is 43.7 Å². The molecule has 4 aliphatic rings. The zero-order valence-corrected chi connectivity index (χ0v) is 9.83. The van der Waals surface area contributed by atoms with E-state index in [1.165, 1.54) is 0 Å². The van der Waals surface area contributed by atoms with E-state index in [1.54, 1.807) is 0 Å². The van der Waals surface area contributed by atoms with Crippen LogP contribution in [0.4, 0.5) is 8.78 Å². The molecule has 3 aliphatic heterocycles. The first-order chi connectivity index (χ1) is 7.91. The van der Waals surface area contributed by atoms with Crippen molar-refractivity contribution in [2.24, 2.45) is 11.3 Å². The summed E-state index contributed by atoms with van der Waals surface area (Å²) in [7, 11) is 0. The van der Waals surface area contributed by atoms with Gasteiger partial charge in [-0.3, -0.25) is 0 Å². The van der Waals surface area contributed by atoms with Gasteiger partial charge in [-0.1, -0.05) is 0 Å². The number of aliphatic hydroxyl groups excluding tert-OH is 1. The molecular weight excluding hydrogens is 228 g/mol. The van der Waals surface area contributed by atoms with Crippen molar-refractivity contribution in [1.29, 1.82) is 0 Å². The van der Waals surface area contributed by atoms with E-state index in [2.05, 4.69) is 4.90 Å². The zero-order valence-electron chi connectivity index (χ0n) is 9.83.